The minimum atomic E-state index is 0. The number of likely N-dealkylation sites (tertiary alicyclic amines) is 1. The van der Waals surface area contributed by atoms with Crippen molar-refractivity contribution < 1.29 is 4.74 Å². The molecule has 2 heterocycles. The van der Waals surface area contributed by atoms with Crippen LogP contribution in [0.25, 0.3) is 0 Å². The summed E-state index contributed by atoms with van der Waals surface area (Å²) in [4.78, 5) is 2.57. The Labute approximate surface area is 105 Å². The van der Waals surface area contributed by atoms with Crippen molar-refractivity contribution in [2.24, 2.45) is 5.92 Å². The van der Waals surface area contributed by atoms with Crippen LogP contribution in [0, 0.1) is 5.92 Å². The van der Waals surface area contributed by atoms with Gasteiger partial charge in [-0.15, -0.1) is 12.4 Å². The molecule has 2 atom stereocenters. The number of hydrogen-bond acceptors (Lipinski definition) is 3. The monoisotopic (exact) mass is 248 g/mol. The molecule has 1 N–H and O–H groups in total. The van der Waals surface area contributed by atoms with E-state index >= 15 is 0 Å². The van der Waals surface area contributed by atoms with Gasteiger partial charge in [-0.3, -0.25) is 5.32 Å². The van der Waals surface area contributed by atoms with Crippen LogP contribution in [0.4, 0.5) is 0 Å². The van der Waals surface area contributed by atoms with Gasteiger partial charge in [0.2, 0.25) is 0 Å². The van der Waals surface area contributed by atoms with E-state index in [-0.39, 0.29) is 12.4 Å². The van der Waals surface area contributed by atoms with Crippen molar-refractivity contribution in [2.45, 2.75) is 38.8 Å². The third kappa shape index (κ3) is 4.21. The molecule has 16 heavy (non-hydrogen) atoms. The maximum atomic E-state index is 5.72. The molecule has 4 heteroatoms. The summed E-state index contributed by atoms with van der Waals surface area (Å²) in [5, 5.41) is 3.46. The van der Waals surface area contributed by atoms with Crippen molar-refractivity contribution in [1.29, 1.82) is 0 Å². The van der Waals surface area contributed by atoms with Crippen LogP contribution < -0.4 is 5.32 Å². The fraction of sp³-hybridized carbons (Fsp3) is 1.00. The Balaban J connectivity index is 0.00000128. The molecule has 0 bridgehead atoms. The normalized spacial score (nSPS) is 32.1. The SMILES string of the molecule is CCN1CCCC(CC2NCCCO2)C1.Cl. The first-order chi connectivity index (χ1) is 7.38. The number of rotatable bonds is 3. The third-order valence-electron chi connectivity index (χ3n) is 3.61. The predicted octanol–water partition coefficient (Wildman–Crippen LogP) is 1.87. The van der Waals surface area contributed by atoms with E-state index in [1.165, 1.54) is 45.3 Å². The second-order valence-corrected chi connectivity index (χ2v) is 4.80. The zero-order valence-corrected chi connectivity index (χ0v) is 11.1. The zero-order valence-electron chi connectivity index (χ0n) is 10.3. The van der Waals surface area contributed by atoms with E-state index in [1.54, 1.807) is 0 Å². The minimum absolute atomic E-state index is 0. The van der Waals surface area contributed by atoms with Crippen molar-refractivity contribution in [3.05, 3.63) is 0 Å². The van der Waals surface area contributed by atoms with Crippen LogP contribution in [0.5, 0.6) is 0 Å². The molecular weight excluding hydrogens is 224 g/mol. The summed E-state index contributed by atoms with van der Waals surface area (Å²) in [5.74, 6) is 0.842. The fourth-order valence-corrected chi connectivity index (χ4v) is 2.70. The van der Waals surface area contributed by atoms with E-state index in [0.717, 1.165) is 19.1 Å². The molecule has 2 rings (SSSR count). The topological polar surface area (TPSA) is 24.5 Å². The van der Waals surface area contributed by atoms with Crippen molar-refractivity contribution in [1.82, 2.24) is 10.2 Å². The molecule has 0 aliphatic carbocycles. The summed E-state index contributed by atoms with van der Waals surface area (Å²) in [6, 6.07) is 0. The van der Waals surface area contributed by atoms with Gasteiger partial charge in [-0.1, -0.05) is 6.92 Å². The van der Waals surface area contributed by atoms with E-state index < -0.39 is 0 Å². The molecule has 0 amide bonds. The lowest BCUT2D eigenvalue weighted by Gasteiger charge is -2.34. The van der Waals surface area contributed by atoms with Crippen molar-refractivity contribution in [3.8, 4) is 0 Å². The Bertz CT molecular complexity index is 186. The molecule has 0 radical (unpaired) electrons. The molecule has 0 saturated carbocycles. The molecule has 96 valence electrons. The van der Waals surface area contributed by atoms with E-state index in [0.29, 0.717) is 6.23 Å². The highest BCUT2D eigenvalue weighted by Gasteiger charge is 2.23. The maximum Gasteiger partial charge on any atom is 0.108 e. The average Bonchev–Trinajstić information content (AvgIpc) is 2.31. The third-order valence-corrected chi connectivity index (χ3v) is 3.61. The van der Waals surface area contributed by atoms with Gasteiger partial charge < -0.3 is 9.64 Å². The van der Waals surface area contributed by atoms with Gasteiger partial charge in [0.25, 0.3) is 0 Å². The molecule has 2 aliphatic rings. The van der Waals surface area contributed by atoms with Gasteiger partial charge in [-0.25, -0.2) is 0 Å². The van der Waals surface area contributed by atoms with Gasteiger partial charge in [-0.05, 0) is 51.2 Å². The zero-order chi connectivity index (χ0) is 10.5. The highest BCUT2D eigenvalue weighted by atomic mass is 35.5. The number of halogens is 1. The first kappa shape index (κ1) is 14.2. The van der Waals surface area contributed by atoms with Crippen LogP contribution in [0.2, 0.25) is 0 Å². The summed E-state index contributed by atoms with van der Waals surface area (Å²) in [6.45, 7) is 8.12. The summed E-state index contributed by atoms with van der Waals surface area (Å²) in [7, 11) is 0. The molecule has 3 nitrogen and oxygen atoms in total. The molecule has 0 spiro atoms. The molecule has 0 aromatic carbocycles. The first-order valence-corrected chi connectivity index (χ1v) is 6.46. The summed E-state index contributed by atoms with van der Waals surface area (Å²) >= 11 is 0. The van der Waals surface area contributed by atoms with Gasteiger partial charge in [0.1, 0.15) is 6.23 Å². The first-order valence-electron chi connectivity index (χ1n) is 6.46. The van der Waals surface area contributed by atoms with E-state index in [1.807, 2.05) is 0 Å². The molecule has 0 aromatic heterocycles. The Kier molecular flexibility index (Phi) is 6.66. The van der Waals surface area contributed by atoms with Crippen LogP contribution >= 0.6 is 12.4 Å². The number of ether oxygens (including phenoxy) is 1. The Hall–Kier alpha value is 0.170. The van der Waals surface area contributed by atoms with E-state index in [2.05, 4.69) is 17.1 Å². The Morgan fingerprint density at radius 2 is 2.25 bits per heavy atom. The number of piperidine rings is 1. The Morgan fingerprint density at radius 3 is 2.94 bits per heavy atom. The van der Waals surface area contributed by atoms with Crippen LogP contribution in [0.15, 0.2) is 0 Å². The molecule has 2 unspecified atom stereocenters. The molecular formula is C12H25ClN2O. The van der Waals surface area contributed by atoms with Crippen LogP contribution in [0.3, 0.4) is 0 Å². The second-order valence-electron chi connectivity index (χ2n) is 4.80. The summed E-state index contributed by atoms with van der Waals surface area (Å²) in [5.41, 5.74) is 0. The Morgan fingerprint density at radius 1 is 1.38 bits per heavy atom. The lowest BCUT2D eigenvalue weighted by molar-refractivity contribution is -0.0200. The number of hydrogen-bond donors (Lipinski definition) is 1. The largest absolute Gasteiger partial charge is 0.363 e. The highest BCUT2D eigenvalue weighted by Crippen LogP contribution is 2.21. The second kappa shape index (κ2) is 7.49. The summed E-state index contributed by atoms with van der Waals surface area (Å²) in [6.07, 6.45) is 5.46. The van der Waals surface area contributed by atoms with Gasteiger partial charge >= 0.3 is 0 Å². The van der Waals surface area contributed by atoms with Crippen LogP contribution in [0.1, 0.15) is 32.6 Å². The number of nitrogens with one attached hydrogen (secondary N) is 1. The quantitative estimate of drug-likeness (QED) is 0.825. The van der Waals surface area contributed by atoms with Crippen molar-refractivity contribution >= 4 is 12.4 Å². The average molecular weight is 249 g/mol. The highest BCUT2D eigenvalue weighted by molar-refractivity contribution is 5.85. The van der Waals surface area contributed by atoms with E-state index in [4.69, 9.17) is 4.74 Å². The van der Waals surface area contributed by atoms with Crippen LogP contribution in [-0.4, -0.2) is 43.9 Å². The molecule has 2 saturated heterocycles. The van der Waals surface area contributed by atoms with E-state index in [9.17, 15) is 0 Å². The predicted molar refractivity (Wildman–Crippen MR) is 69.1 cm³/mol. The van der Waals surface area contributed by atoms with Gasteiger partial charge in [0.15, 0.2) is 0 Å². The van der Waals surface area contributed by atoms with Gasteiger partial charge in [0.05, 0.1) is 0 Å². The lowest BCUT2D eigenvalue weighted by atomic mass is 9.94. The van der Waals surface area contributed by atoms with Gasteiger partial charge in [-0.2, -0.15) is 0 Å². The lowest BCUT2D eigenvalue weighted by Crippen LogP contribution is -2.43. The minimum Gasteiger partial charge on any atom is -0.363 e. The number of nitrogens with zero attached hydrogens (tertiary/aromatic N) is 1. The molecule has 2 fully saturated rings. The molecule has 2 aliphatic heterocycles. The van der Waals surface area contributed by atoms with Gasteiger partial charge in [0, 0.05) is 13.2 Å². The maximum absolute atomic E-state index is 5.72. The van der Waals surface area contributed by atoms with Crippen LogP contribution in [-0.2, 0) is 4.74 Å². The summed E-state index contributed by atoms with van der Waals surface area (Å²) < 4.78 is 5.72. The smallest absolute Gasteiger partial charge is 0.108 e. The fourth-order valence-electron chi connectivity index (χ4n) is 2.70. The molecule has 0 aromatic rings. The standard InChI is InChI=1S/C12H24N2O.ClH/c1-2-14-7-3-5-11(10-14)9-12-13-6-4-8-15-12;/h11-13H,2-10H2,1H3;1H. The van der Waals surface area contributed by atoms with Crippen molar-refractivity contribution in [2.75, 3.05) is 32.8 Å². The van der Waals surface area contributed by atoms with Crippen molar-refractivity contribution in [3.63, 3.8) is 0 Å².